The highest BCUT2D eigenvalue weighted by atomic mass is 32.2. The number of aryl methyl sites for hydroxylation is 2. The molecular weight excluding hydrogens is 921 g/mol. The summed E-state index contributed by atoms with van der Waals surface area (Å²) in [5.74, 6) is 1.35. The Morgan fingerprint density at radius 1 is 0.433 bits per heavy atom. The molecule has 0 saturated carbocycles. The highest BCUT2D eigenvalue weighted by Crippen LogP contribution is 2.56. The van der Waals surface area contributed by atoms with Crippen molar-refractivity contribution in [3.05, 3.63) is 192 Å². The van der Waals surface area contributed by atoms with Gasteiger partial charge >= 0.3 is 12.4 Å². The monoisotopic (exact) mass is 959 g/mol. The van der Waals surface area contributed by atoms with Crippen molar-refractivity contribution >= 4 is 19.7 Å². The fraction of sp³-hybridized carbons (Fsp3) is 0.140. The van der Waals surface area contributed by atoms with Crippen LogP contribution in [-0.4, -0.2) is 43.4 Å². The van der Waals surface area contributed by atoms with Crippen molar-refractivity contribution in [2.75, 3.05) is 14.2 Å². The second-order valence-corrected chi connectivity index (χ2v) is 18.6. The third kappa shape index (κ3) is 10.4. The molecule has 0 radical (unpaired) electrons. The number of benzene rings is 7. The Morgan fingerprint density at radius 3 is 1.10 bits per heavy atom. The normalized spacial score (nSPS) is 12.0. The van der Waals surface area contributed by atoms with Crippen LogP contribution in [0.25, 0.3) is 0 Å². The predicted molar refractivity (Wildman–Crippen MR) is 236 cm³/mol. The molecule has 7 aromatic rings. The van der Waals surface area contributed by atoms with Crippen molar-refractivity contribution in [2.24, 2.45) is 0 Å². The second-order valence-electron chi connectivity index (χ2n) is 14.7. The molecule has 17 heteroatoms. The van der Waals surface area contributed by atoms with E-state index in [1.807, 2.05) is 13.8 Å². The van der Waals surface area contributed by atoms with Crippen molar-refractivity contribution in [3.63, 3.8) is 0 Å². The average molecular weight is 960 g/mol. The average Bonchev–Trinajstić information content (AvgIpc) is 3.30. The zero-order valence-corrected chi connectivity index (χ0v) is 37.5. The maximum atomic E-state index is 14.3. The van der Waals surface area contributed by atoms with Crippen LogP contribution in [-0.2, 0) is 25.1 Å². The number of methoxy groups -OCH3 is 2. The number of ether oxygens (including phenoxy) is 4. The molecule has 0 unspecified atom stereocenters. The first-order valence-corrected chi connectivity index (χ1v) is 22.8. The van der Waals surface area contributed by atoms with Crippen molar-refractivity contribution in [1.29, 1.82) is 5.26 Å². The van der Waals surface area contributed by atoms with E-state index >= 15 is 0 Å². The molecule has 0 atom stereocenters. The van der Waals surface area contributed by atoms with E-state index in [0.717, 1.165) is 47.5 Å². The number of rotatable bonds is 12. The van der Waals surface area contributed by atoms with E-state index in [1.54, 1.807) is 66.7 Å². The molecule has 0 bridgehead atoms. The third-order valence-electron chi connectivity index (χ3n) is 10.4. The summed E-state index contributed by atoms with van der Waals surface area (Å²) in [6.07, 6.45) is -11.5. The topological polar surface area (TPSA) is 129 Å². The Balaban J connectivity index is 0.000000238. The molecule has 0 heterocycles. The molecule has 0 fully saturated rings. The van der Waals surface area contributed by atoms with Gasteiger partial charge in [-0.25, -0.2) is 16.8 Å². The van der Waals surface area contributed by atoms with Crippen molar-refractivity contribution in [1.82, 2.24) is 0 Å². The van der Waals surface area contributed by atoms with E-state index in [4.69, 9.17) is 18.9 Å². The van der Waals surface area contributed by atoms with Gasteiger partial charge in [-0.1, -0.05) is 65.7 Å². The fourth-order valence-corrected chi connectivity index (χ4v) is 9.34. The summed E-state index contributed by atoms with van der Waals surface area (Å²) in [5, 5.41) is 9.32. The van der Waals surface area contributed by atoms with Gasteiger partial charge in [0.2, 0.25) is 25.1 Å². The van der Waals surface area contributed by atoms with Gasteiger partial charge in [0.15, 0.2) is 0 Å². The molecular formula is C50H39F6NO8S2. The van der Waals surface area contributed by atoms with Crippen LogP contribution in [0, 0.1) is 25.2 Å². The Kier molecular flexibility index (Phi) is 14.4. The molecule has 346 valence electrons. The van der Waals surface area contributed by atoms with E-state index < -0.39 is 48.6 Å². The molecule has 7 aromatic carbocycles. The fourth-order valence-electron chi connectivity index (χ4n) is 6.82. The van der Waals surface area contributed by atoms with E-state index in [9.17, 15) is 48.4 Å². The van der Waals surface area contributed by atoms with Gasteiger partial charge in [0, 0.05) is 0 Å². The van der Waals surface area contributed by atoms with Gasteiger partial charge in [0.05, 0.1) is 33.8 Å². The summed E-state index contributed by atoms with van der Waals surface area (Å²) in [6, 6.07) is 38.3. The van der Waals surface area contributed by atoms with Crippen LogP contribution < -0.4 is 18.9 Å². The van der Waals surface area contributed by atoms with Gasteiger partial charge in [0.1, 0.15) is 46.1 Å². The molecule has 7 rings (SSSR count). The number of nitrogens with zero attached hydrogens (tertiary/aromatic N) is 1. The molecule has 0 N–H and O–H groups in total. The van der Waals surface area contributed by atoms with Gasteiger partial charge in [-0.3, -0.25) is 0 Å². The Labute approximate surface area is 383 Å². The summed E-state index contributed by atoms with van der Waals surface area (Å²) in [7, 11) is -4.68. The van der Waals surface area contributed by atoms with Crippen molar-refractivity contribution in [3.8, 4) is 40.6 Å². The van der Waals surface area contributed by atoms with Crippen LogP contribution >= 0.6 is 0 Å². The summed E-state index contributed by atoms with van der Waals surface area (Å²) < 4.78 is 158. The molecule has 0 aromatic heterocycles. The van der Waals surface area contributed by atoms with E-state index in [-0.39, 0.29) is 42.4 Å². The second kappa shape index (κ2) is 19.7. The standard InChI is InChI=1S/C29H22F6O4S.C21H17NO4S/c1-19-3-15-25(16-4-19)40(36,37)26-17-13-24(14-18-26)39-23-11-7-21(8-12-23)27(28(30,31)32,29(33,34)35)20-5-9-22(38-2)10-6-20;1-15-6-10-17(11-7-15)27(23,24)18-12-8-16(9-13-18)26-21-5-3-4-20(25-2)19(21)14-22/h3-18H,1-2H3;3-13H,1-2H3. The zero-order chi connectivity index (χ0) is 48.8. The Hall–Kier alpha value is -7.29. The van der Waals surface area contributed by atoms with Gasteiger partial charge in [-0.2, -0.15) is 31.6 Å². The smallest absolute Gasteiger partial charge is 0.411 e. The Morgan fingerprint density at radius 2 is 0.761 bits per heavy atom. The quantitative estimate of drug-likeness (QED) is 0.110. The van der Waals surface area contributed by atoms with Crippen LogP contribution in [0.5, 0.6) is 34.5 Å². The highest BCUT2D eigenvalue weighted by molar-refractivity contribution is 7.91. The first-order chi connectivity index (χ1) is 31.6. The highest BCUT2D eigenvalue weighted by Gasteiger charge is 2.72. The zero-order valence-electron chi connectivity index (χ0n) is 35.9. The van der Waals surface area contributed by atoms with Crippen LogP contribution in [0.15, 0.2) is 183 Å². The van der Waals surface area contributed by atoms with E-state index in [0.29, 0.717) is 29.4 Å². The number of sulfone groups is 2. The van der Waals surface area contributed by atoms with Gasteiger partial charge < -0.3 is 18.9 Å². The molecule has 67 heavy (non-hydrogen) atoms. The summed E-state index contributed by atoms with van der Waals surface area (Å²) in [5.41, 5.74) is -4.23. The molecule has 0 aliphatic rings. The van der Waals surface area contributed by atoms with Crippen molar-refractivity contribution in [2.45, 2.75) is 51.2 Å². The van der Waals surface area contributed by atoms with Crippen LogP contribution in [0.2, 0.25) is 0 Å². The number of halogens is 6. The SMILES string of the molecule is COc1ccc(C(c2ccc(Oc3ccc(S(=O)(=O)c4ccc(C)cc4)cc3)cc2)(C(F)(F)F)C(F)(F)F)cc1.COc1cccc(Oc2ccc(S(=O)(=O)c3ccc(C)cc3)cc2)c1C#N. The van der Waals surface area contributed by atoms with E-state index in [1.165, 1.54) is 62.8 Å². The lowest BCUT2D eigenvalue weighted by Crippen LogP contribution is -2.54. The minimum atomic E-state index is -5.74. The number of alkyl halides is 6. The minimum absolute atomic E-state index is 0.0151. The predicted octanol–water partition coefficient (Wildman–Crippen LogP) is 12.5. The maximum absolute atomic E-state index is 14.3. The first-order valence-electron chi connectivity index (χ1n) is 19.8. The molecule has 0 saturated heterocycles. The summed E-state index contributed by atoms with van der Waals surface area (Å²) in [4.78, 5) is 0.488. The lowest BCUT2D eigenvalue weighted by atomic mass is 9.73. The number of nitriles is 1. The van der Waals surface area contributed by atoms with Crippen LogP contribution in [0.4, 0.5) is 26.3 Å². The molecule has 0 aliphatic heterocycles. The van der Waals surface area contributed by atoms with Crippen LogP contribution in [0.1, 0.15) is 27.8 Å². The maximum Gasteiger partial charge on any atom is 0.411 e. The Bertz CT molecular complexity index is 3070. The molecule has 9 nitrogen and oxygen atoms in total. The van der Waals surface area contributed by atoms with Crippen LogP contribution in [0.3, 0.4) is 0 Å². The molecule has 0 aliphatic carbocycles. The molecule has 0 spiro atoms. The van der Waals surface area contributed by atoms with Gasteiger partial charge in [-0.15, -0.1) is 0 Å². The summed E-state index contributed by atoms with van der Waals surface area (Å²) >= 11 is 0. The summed E-state index contributed by atoms with van der Waals surface area (Å²) in [6.45, 7) is 3.72. The minimum Gasteiger partial charge on any atom is -0.497 e. The van der Waals surface area contributed by atoms with E-state index in [2.05, 4.69) is 6.07 Å². The third-order valence-corrected chi connectivity index (χ3v) is 13.9. The van der Waals surface area contributed by atoms with Gasteiger partial charge in [-0.05, 0) is 134 Å². The first kappa shape index (κ1) is 49.2. The lowest BCUT2D eigenvalue weighted by Gasteiger charge is -2.38. The largest absolute Gasteiger partial charge is 0.497 e. The lowest BCUT2D eigenvalue weighted by molar-refractivity contribution is -0.288. The molecule has 0 amide bonds. The van der Waals surface area contributed by atoms with Crippen molar-refractivity contribution < 1.29 is 62.1 Å². The van der Waals surface area contributed by atoms with Gasteiger partial charge in [0.25, 0.3) is 0 Å². The number of hydrogen-bond donors (Lipinski definition) is 0. The number of hydrogen-bond acceptors (Lipinski definition) is 9.